The minimum absolute atomic E-state index is 0.184. The second-order valence-corrected chi connectivity index (χ2v) is 4.78. The molecule has 0 fully saturated rings. The Bertz CT molecular complexity index is 428. The Kier molecular flexibility index (Phi) is 4.45. The maximum Gasteiger partial charge on any atom is 0.100 e. The average molecular weight is 303 g/mol. The number of nitrogen functional groups attached to an aromatic ring is 1. The van der Waals surface area contributed by atoms with E-state index in [1.54, 1.807) is 6.07 Å². The second-order valence-electron chi connectivity index (χ2n) is 3.62. The molecule has 0 saturated carbocycles. The topological polar surface area (TPSA) is 53.0 Å². The number of halogens is 2. The van der Waals surface area contributed by atoms with Crippen molar-refractivity contribution in [2.75, 3.05) is 23.6 Å². The standard InChI is InChI=1S/C11H13BrClN3/c1-7(5-13)16(2)11-4-9(12)8(6-14)3-10(11)15/h3-4,7H,5,15H2,1-2H3/t7-/m1/s1. The van der Waals surface area contributed by atoms with Crippen LogP contribution < -0.4 is 10.6 Å². The van der Waals surface area contributed by atoms with E-state index >= 15 is 0 Å². The lowest BCUT2D eigenvalue weighted by atomic mass is 10.1. The first-order valence-electron chi connectivity index (χ1n) is 4.79. The van der Waals surface area contributed by atoms with Gasteiger partial charge in [-0.15, -0.1) is 11.6 Å². The third-order valence-electron chi connectivity index (χ3n) is 2.50. The van der Waals surface area contributed by atoms with Gasteiger partial charge < -0.3 is 10.6 Å². The molecule has 0 aliphatic heterocycles. The Balaban J connectivity index is 3.17. The summed E-state index contributed by atoms with van der Waals surface area (Å²) in [5.74, 6) is 0.521. The van der Waals surface area contributed by atoms with E-state index in [0.717, 1.165) is 10.2 Å². The largest absolute Gasteiger partial charge is 0.397 e. The molecule has 1 rings (SSSR count). The molecule has 0 aromatic heterocycles. The highest BCUT2D eigenvalue weighted by molar-refractivity contribution is 9.10. The van der Waals surface area contributed by atoms with Gasteiger partial charge in [-0.25, -0.2) is 0 Å². The van der Waals surface area contributed by atoms with E-state index in [9.17, 15) is 0 Å². The second kappa shape index (κ2) is 5.42. The SMILES string of the molecule is C[C@H](CCl)N(C)c1cc(Br)c(C#N)cc1N. The third-order valence-corrected chi connectivity index (χ3v) is 3.60. The van der Waals surface area contributed by atoms with Crippen molar-refractivity contribution >= 4 is 38.9 Å². The molecule has 0 amide bonds. The quantitative estimate of drug-likeness (QED) is 0.690. The van der Waals surface area contributed by atoms with Gasteiger partial charge in [0, 0.05) is 23.4 Å². The Morgan fingerprint density at radius 3 is 2.75 bits per heavy atom. The number of hydrogen-bond donors (Lipinski definition) is 1. The predicted octanol–water partition coefficient (Wildman–Crippen LogP) is 2.97. The zero-order chi connectivity index (χ0) is 12.3. The molecule has 0 radical (unpaired) electrons. The Labute approximate surface area is 109 Å². The lowest BCUT2D eigenvalue weighted by Gasteiger charge is -2.27. The first-order valence-corrected chi connectivity index (χ1v) is 6.12. The van der Waals surface area contributed by atoms with Gasteiger partial charge in [-0.2, -0.15) is 5.26 Å². The zero-order valence-electron chi connectivity index (χ0n) is 9.17. The molecular weight excluding hydrogens is 289 g/mol. The molecule has 0 aliphatic rings. The van der Waals surface area contributed by atoms with Gasteiger partial charge in [0.05, 0.1) is 16.9 Å². The fourth-order valence-electron chi connectivity index (χ4n) is 1.31. The summed E-state index contributed by atoms with van der Waals surface area (Å²) < 4.78 is 0.743. The van der Waals surface area contributed by atoms with Crippen LogP contribution in [0.5, 0.6) is 0 Å². The molecule has 0 unspecified atom stereocenters. The highest BCUT2D eigenvalue weighted by atomic mass is 79.9. The molecule has 0 saturated heterocycles. The van der Waals surface area contributed by atoms with Crippen LogP contribution in [0.25, 0.3) is 0 Å². The van der Waals surface area contributed by atoms with Gasteiger partial charge in [-0.3, -0.25) is 0 Å². The molecule has 1 aromatic carbocycles. The number of rotatable bonds is 3. The van der Waals surface area contributed by atoms with Crippen LogP contribution >= 0.6 is 27.5 Å². The number of anilines is 2. The summed E-state index contributed by atoms with van der Waals surface area (Å²) in [7, 11) is 1.93. The molecule has 0 aliphatic carbocycles. The van der Waals surface area contributed by atoms with E-state index in [4.69, 9.17) is 22.6 Å². The summed E-state index contributed by atoms with van der Waals surface area (Å²) in [6.45, 7) is 2.01. The van der Waals surface area contributed by atoms with Crippen LogP contribution in [0.4, 0.5) is 11.4 Å². The minimum Gasteiger partial charge on any atom is -0.397 e. The molecular formula is C11H13BrClN3. The van der Waals surface area contributed by atoms with Gasteiger partial charge >= 0.3 is 0 Å². The van der Waals surface area contributed by atoms with Gasteiger partial charge in [0.2, 0.25) is 0 Å². The maximum atomic E-state index is 8.86. The number of nitriles is 1. The third kappa shape index (κ3) is 2.60. The van der Waals surface area contributed by atoms with Gasteiger partial charge in [0.25, 0.3) is 0 Å². The van der Waals surface area contributed by atoms with Crippen molar-refractivity contribution in [3.63, 3.8) is 0 Å². The van der Waals surface area contributed by atoms with Gasteiger partial charge in [0.1, 0.15) is 6.07 Å². The molecule has 0 heterocycles. The highest BCUT2D eigenvalue weighted by Gasteiger charge is 2.13. The molecule has 5 heteroatoms. The van der Waals surface area contributed by atoms with Crippen molar-refractivity contribution in [2.24, 2.45) is 0 Å². The number of nitrogens with zero attached hydrogens (tertiary/aromatic N) is 2. The van der Waals surface area contributed by atoms with Crippen molar-refractivity contribution in [3.8, 4) is 6.07 Å². The summed E-state index contributed by atoms with van der Waals surface area (Å²) >= 11 is 9.14. The van der Waals surface area contributed by atoms with Crippen molar-refractivity contribution in [1.82, 2.24) is 0 Å². The zero-order valence-corrected chi connectivity index (χ0v) is 11.5. The normalized spacial score (nSPS) is 11.9. The highest BCUT2D eigenvalue weighted by Crippen LogP contribution is 2.30. The van der Waals surface area contributed by atoms with E-state index in [1.807, 2.05) is 24.9 Å². The Morgan fingerprint density at radius 1 is 1.62 bits per heavy atom. The molecule has 1 atom stereocenters. The number of nitrogens with two attached hydrogens (primary N) is 1. The van der Waals surface area contributed by atoms with Gasteiger partial charge in [-0.05, 0) is 35.0 Å². The average Bonchev–Trinajstić information content (AvgIpc) is 2.29. The molecule has 3 nitrogen and oxygen atoms in total. The van der Waals surface area contributed by atoms with E-state index in [-0.39, 0.29) is 6.04 Å². The summed E-state index contributed by atoms with van der Waals surface area (Å²) in [6.07, 6.45) is 0. The molecule has 1 aromatic rings. The lowest BCUT2D eigenvalue weighted by Crippen LogP contribution is -2.30. The Hall–Kier alpha value is -0.920. The van der Waals surface area contributed by atoms with Crippen LogP contribution in [0.15, 0.2) is 16.6 Å². The molecule has 2 N–H and O–H groups in total. The number of benzene rings is 1. The minimum atomic E-state index is 0.184. The maximum absolute atomic E-state index is 8.86. The van der Waals surface area contributed by atoms with Crippen molar-refractivity contribution in [1.29, 1.82) is 5.26 Å². The summed E-state index contributed by atoms with van der Waals surface area (Å²) in [4.78, 5) is 1.99. The smallest absolute Gasteiger partial charge is 0.100 e. The Morgan fingerprint density at radius 2 is 2.25 bits per heavy atom. The molecule has 0 spiro atoms. The van der Waals surface area contributed by atoms with Crippen molar-refractivity contribution < 1.29 is 0 Å². The van der Waals surface area contributed by atoms with Crippen LogP contribution in [-0.2, 0) is 0 Å². The van der Waals surface area contributed by atoms with E-state index in [0.29, 0.717) is 17.1 Å². The fourth-order valence-corrected chi connectivity index (χ4v) is 1.94. The molecule has 0 bridgehead atoms. The van der Waals surface area contributed by atoms with Gasteiger partial charge in [0.15, 0.2) is 0 Å². The monoisotopic (exact) mass is 301 g/mol. The fraction of sp³-hybridized carbons (Fsp3) is 0.364. The van der Waals surface area contributed by atoms with Crippen molar-refractivity contribution in [3.05, 3.63) is 22.2 Å². The van der Waals surface area contributed by atoms with Crippen LogP contribution in [-0.4, -0.2) is 19.0 Å². The van der Waals surface area contributed by atoms with Crippen LogP contribution in [0.2, 0.25) is 0 Å². The van der Waals surface area contributed by atoms with E-state index in [2.05, 4.69) is 22.0 Å². The molecule has 86 valence electrons. The predicted molar refractivity (Wildman–Crippen MR) is 71.9 cm³/mol. The number of alkyl halides is 1. The lowest BCUT2D eigenvalue weighted by molar-refractivity contribution is 0.762. The van der Waals surface area contributed by atoms with E-state index in [1.165, 1.54) is 0 Å². The first kappa shape index (κ1) is 13.1. The first-order chi connectivity index (χ1) is 7.51. The molecule has 16 heavy (non-hydrogen) atoms. The van der Waals surface area contributed by atoms with Gasteiger partial charge in [-0.1, -0.05) is 0 Å². The van der Waals surface area contributed by atoms with Crippen molar-refractivity contribution in [2.45, 2.75) is 13.0 Å². The van der Waals surface area contributed by atoms with Crippen LogP contribution in [0.3, 0.4) is 0 Å². The summed E-state index contributed by atoms with van der Waals surface area (Å²) in [5.41, 5.74) is 7.89. The summed E-state index contributed by atoms with van der Waals surface area (Å²) in [5, 5.41) is 8.86. The van der Waals surface area contributed by atoms with Crippen LogP contribution in [0, 0.1) is 11.3 Å². The number of hydrogen-bond acceptors (Lipinski definition) is 3. The van der Waals surface area contributed by atoms with E-state index < -0.39 is 0 Å². The van der Waals surface area contributed by atoms with Crippen LogP contribution in [0.1, 0.15) is 12.5 Å². The summed E-state index contributed by atoms with van der Waals surface area (Å²) in [6, 6.07) is 5.77.